The van der Waals surface area contributed by atoms with Gasteiger partial charge < -0.3 is 9.80 Å². The Morgan fingerprint density at radius 3 is 2.77 bits per heavy atom. The normalized spacial score (nSPS) is 20.8. The second-order valence-electron chi connectivity index (χ2n) is 8.22. The highest BCUT2D eigenvalue weighted by Crippen LogP contribution is 2.34. The smallest absolute Gasteiger partial charge is 0.257 e. The van der Waals surface area contributed by atoms with Crippen molar-refractivity contribution in [2.75, 3.05) is 36.8 Å². The van der Waals surface area contributed by atoms with Gasteiger partial charge in [0, 0.05) is 54.6 Å². The SMILES string of the molecule is O=C(CC1CSc2nc3c(c(=O)n21)CCCC3)N1CCN(c2cccc(Cl)c2)CC1. The van der Waals surface area contributed by atoms with Gasteiger partial charge >= 0.3 is 0 Å². The van der Waals surface area contributed by atoms with Gasteiger partial charge in [0.05, 0.1) is 11.7 Å². The molecule has 5 rings (SSSR count). The van der Waals surface area contributed by atoms with E-state index < -0.39 is 0 Å². The third-order valence-corrected chi connectivity index (χ3v) is 7.67. The third-order valence-electron chi connectivity index (χ3n) is 6.34. The summed E-state index contributed by atoms with van der Waals surface area (Å²) in [6.45, 7) is 2.96. The minimum absolute atomic E-state index is 0.0864. The van der Waals surface area contributed by atoms with Crippen LogP contribution >= 0.6 is 23.4 Å². The van der Waals surface area contributed by atoms with Crippen LogP contribution in [-0.2, 0) is 17.6 Å². The van der Waals surface area contributed by atoms with Crippen LogP contribution in [-0.4, -0.2) is 52.3 Å². The van der Waals surface area contributed by atoms with Gasteiger partial charge in [0.2, 0.25) is 5.91 Å². The summed E-state index contributed by atoms with van der Waals surface area (Å²) in [6.07, 6.45) is 4.25. The van der Waals surface area contributed by atoms with Gasteiger partial charge in [-0.2, -0.15) is 0 Å². The molecule has 1 saturated heterocycles. The van der Waals surface area contributed by atoms with Gasteiger partial charge in [-0.3, -0.25) is 14.2 Å². The van der Waals surface area contributed by atoms with Crippen LogP contribution in [0, 0.1) is 0 Å². The van der Waals surface area contributed by atoms with Crippen molar-refractivity contribution in [3.63, 3.8) is 0 Å². The van der Waals surface area contributed by atoms with E-state index in [4.69, 9.17) is 16.6 Å². The zero-order valence-corrected chi connectivity index (χ0v) is 18.4. The van der Waals surface area contributed by atoms with Crippen molar-refractivity contribution in [1.29, 1.82) is 0 Å². The van der Waals surface area contributed by atoms with Crippen molar-refractivity contribution in [1.82, 2.24) is 14.5 Å². The first kappa shape index (κ1) is 19.9. The van der Waals surface area contributed by atoms with Crippen LogP contribution in [0.15, 0.2) is 34.2 Å². The number of anilines is 1. The van der Waals surface area contributed by atoms with E-state index in [1.807, 2.05) is 23.1 Å². The number of fused-ring (bicyclic) bond motifs is 2. The van der Waals surface area contributed by atoms with E-state index in [0.717, 1.165) is 71.6 Å². The molecule has 0 bridgehead atoms. The molecule has 1 atom stereocenters. The highest BCUT2D eigenvalue weighted by Gasteiger charge is 2.32. The van der Waals surface area contributed by atoms with Crippen molar-refractivity contribution in [2.45, 2.75) is 43.3 Å². The molecule has 1 unspecified atom stereocenters. The number of nitrogens with zero attached hydrogens (tertiary/aromatic N) is 4. The topological polar surface area (TPSA) is 58.4 Å². The zero-order chi connectivity index (χ0) is 20.7. The third kappa shape index (κ3) is 3.73. The van der Waals surface area contributed by atoms with Gasteiger partial charge in [0.15, 0.2) is 5.16 Å². The number of benzene rings is 1. The van der Waals surface area contributed by atoms with Crippen molar-refractivity contribution < 1.29 is 4.79 Å². The van der Waals surface area contributed by atoms with E-state index in [1.54, 1.807) is 16.3 Å². The molecule has 6 nitrogen and oxygen atoms in total. The summed E-state index contributed by atoms with van der Waals surface area (Å²) < 4.78 is 1.80. The summed E-state index contributed by atoms with van der Waals surface area (Å²) >= 11 is 7.72. The lowest BCUT2D eigenvalue weighted by molar-refractivity contribution is -0.132. The molecular weight excluding hydrogens is 420 g/mol. The maximum Gasteiger partial charge on any atom is 0.257 e. The Bertz CT molecular complexity index is 1030. The fourth-order valence-electron chi connectivity index (χ4n) is 4.68. The summed E-state index contributed by atoms with van der Waals surface area (Å²) in [7, 11) is 0. The second kappa shape index (κ2) is 8.27. The zero-order valence-electron chi connectivity index (χ0n) is 16.8. The quantitative estimate of drug-likeness (QED) is 0.680. The molecular formula is C22H25ClN4O2S. The van der Waals surface area contributed by atoms with Crippen LogP contribution in [0.25, 0.3) is 0 Å². The minimum Gasteiger partial charge on any atom is -0.368 e. The lowest BCUT2D eigenvalue weighted by Gasteiger charge is -2.36. The Labute approximate surface area is 185 Å². The van der Waals surface area contributed by atoms with Gasteiger partial charge in [0.1, 0.15) is 0 Å². The van der Waals surface area contributed by atoms with E-state index in [9.17, 15) is 9.59 Å². The molecule has 3 aliphatic rings. The number of halogens is 1. The molecule has 8 heteroatoms. The molecule has 30 heavy (non-hydrogen) atoms. The van der Waals surface area contributed by atoms with Gasteiger partial charge in [-0.15, -0.1) is 0 Å². The first-order valence-corrected chi connectivity index (χ1v) is 12.0. The molecule has 2 aromatic rings. The molecule has 1 aromatic heterocycles. The van der Waals surface area contributed by atoms with E-state index in [-0.39, 0.29) is 17.5 Å². The van der Waals surface area contributed by atoms with Crippen molar-refractivity contribution in [3.05, 3.63) is 50.9 Å². The molecule has 0 N–H and O–H groups in total. The monoisotopic (exact) mass is 444 g/mol. The summed E-state index contributed by atoms with van der Waals surface area (Å²) in [5.41, 5.74) is 3.04. The average Bonchev–Trinajstić information content (AvgIpc) is 3.16. The van der Waals surface area contributed by atoms with Gasteiger partial charge in [-0.25, -0.2) is 4.98 Å². The largest absolute Gasteiger partial charge is 0.368 e. The predicted octanol–water partition coefficient (Wildman–Crippen LogP) is 3.16. The maximum absolute atomic E-state index is 13.1. The first-order chi connectivity index (χ1) is 14.6. The lowest BCUT2D eigenvalue weighted by Crippen LogP contribution is -2.49. The number of rotatable bonds is 3. The van der Waals surface area contributed by atoms with Crippen LogP contribution in [0.1, 0.15) is 36.6 Å². The van der Waals surface area contributed by atoms with Crippen molar-refractivity contribution in [2.24, 2.45) is 0 Å². The van der Waals surface area contributed by atoms with Crippen molar-refractivity contribution >= 4 is 35.0 Å². The molecule has 158 valence electrons. The number of hydrogen-bond donors (Lipinski definition) is 0. The van der Waals surface area contributed by atoms with E-state index >= 15 is 0 Å². The number of carbonyl (C=O) groups excluding carboxylic acids is 1. The van der Waals surface area contributed by atoms with E-state index in [0.29, 0.717) is 19.5 Å². The first-order valence-electron chi connectivity index (χ1n) is 10.7. The highest BCUT2D eigenvalue weighted by atomic mass is 35.5. The summed E-state index contributed by atoms with van der Waals surface area (Å²) in [5, 5.41) is 1.52. The molecule has 1 aliphatic carbocycles. The Balaban J connectivity index is 1.25. The lowest BCUT2D eigenvalue weighted by atomic mass is 9.97. The number of hydrogen-bond acceptors (Lipinski definition) is 5. The molecule has 1 aromatic carbocycles. The Morgan fingerprint density at radius 1 is 1.17 bits per heavy atom. The number of thioether (sulfide) groups is 1. The summed E-state index contributed by atoms with van der Waals surface area (Å²) in [5.74, 6) is 0.878. The number of aryl methyl sites for hydroxylation is 1. The number of piperazine rings is 1. The molecule has 3 heterocycles. The van der Waals surface area contributed by atoms with Gasteiger partial charge in [-0.1, -0.05) is 29.4 Å². The molecule has 1 fully saturated rings. The van der Waals surface area contributed by atoms with Crippen LogP contribution < -0.4 is 10.5 Å². The Morgan fingerprint density at radius 2 is 1.97 bits per heavy atom. The maximum atomic E-state index is 13.1. The Kier molecular flexibility index (Phi) is 5.50. The number of carbonyl (C=O) groups is 1. The highest BCUT2D eigenvalue weighted by molar-refractivity contribution is 7.99. The van der Waals surface area contributed by atoms with Gasteiger partial charge in [0.25, 0.3) is 5.56 Å². The second-order valence-corrected chi connectivity index (χ2v) is 9.64. The fraction of sp³-hybridized carbons (Fsp3) is 0.500. The molecule has 0 radical (unpaired) electrons. The minimum atomic E-state index is -0.0873. The molecule has 1 amide bonds. The summed E-state index contributed by atoms with van der Waals surface area (Å²) in [4.78, 5) is 35.0. The predicted molar refractivity (Wildman–Crippen MR) is 120 cm³/mol. The van der Waals surface area contributed by atoms with E-state index in [2.05, 4.69) is 11.0 Å². The van der Waals surface area contributed by atoms with Crippen LogP contribution in [0.5, 0.6) is 0 Å². The van der Waals surface area contributed by atoms with Crippen LogP contribution in [0.3, 0.4) is 0 Å². The molecule has 2 aliphatic heterocycles. The summed E-state index contributed by atoms with van der Waals surface area (Å²) in [6, 6.07) is 7.75. The number of aromatic nitrogens is 2. The van der Waals surface area contributed by atoms with Crippen LogP contribution in [0.2, 0.25) is 5.02 Å². The van der Waals surface area contributed by atoms with Crippen LogP contribution in [0.4, 0.5) is 5.69 Å². The molecule has 0 saturated carbocycles. The van der Waals surface area contributed by atoms with Gasteiger partial charge in [-0.05, 0) is 43.9 Å². The molecule has 0 spiro atoms. The standard InChI is InChI=1S/C22H25ClN4O2S/c23-15-4-3-5-16(12-15)25-8-10-26(11-9-25)20(28)13-17-14-30-22-24-19-7-2-1-6-18(19)21(29)27(17)22/h3-5,12,17H,1-2,6-11,13-14H2. The Hall–Kier alpha value is -1.99. The number of amides is 1. The van der Waals surface area contributed by atoms with Crippen molar-refractivity contribution in [3.8, 4) is 0 Å². The van der Waals surface area contributed by atoms with E-state index in [1.165, 1.54) is 0 Å². The average molecular weight is 445 g/mol. The fourth-order valence-corrected chi connectivity index (χ4v) is 6.02.